The van der Waals surface area contributed by atoms with Crippen molar-refractivity contribution in [1.82, 2.24) is 10.6 Å². The van der Waals surface area contributed by atoms with Crippen molar-refractivity contribution in [3.05, 3.63) is 35.4 Å². The van der Waals surface area contributed by atoms with Crippen molar-refractivity contribution in [2.45, 2.75) is 244 Å². The van der Waals surface area contributed by atoms with Gasteiger partial charge in [0.2, 0.25) is 17.7 Å². The van der Waals surface area contributed by atoms with E-state index in [9.17, 15) is 58.2 Å². The molecule has 7 N–H and O–H groups in total. The van der Waals surface area contributed by atoms with Gasteiger partial charge in [0, 0.05) is 88.3 Å². The number of aliphatic carboxylic acids is 3. The number of ketones is 4. The maximum atomic E-state index is 13.3. The third-order valence-electron chi connectivity index (χ3n) is 23.8. The molecular formula is C107H189N3O37. The SMILES string of the molecule is Cc1ccc(C(=O)CCCCCC(CC(=O)CCOCCOCCOCCOCCOCCOCCOCCOCCOCCOCCOCCOCCOCCOCCOCCOCCOCCOCCOCCOCCOCCOCCOCCOCCCC(=O)C(CCC(=O)O)NC(=O)CCC(CC(=O)C2CCC(CNC(=O)CCCCCCCCCCCCCCCCCCC(=O)O)CC2)C(=O)O)C(N)=O)cc1. The summed E-state index contributed by atoms with van der Waals surface area (Å²) in [6.45, 7) is 22.6. The normalized spacial score (nSPS) is 13.8. The van der Waals surface area contributed by atoms with Crippen LogP contribution in [0.1, 0.15) is 247 Å². The summed E-state index contributed by atoms with van der Waals surface area (Å²) in [6, 6.07) is 6.47. The molecule has 3 atom stereocenters. The molecule has 3 unspecified atom stereocenters. The molecule has 1 fully saturated rings. The number of carbonyl (C=O) groups excluding carboxylic acids is 7. The summed E-state index contributed by atoms with van der Waals surface area (Å²) in [6.07, 6.45) is 24.8. The summed E-state index contributed by atoms with van der Waals surface area (Å²) >= 11 is 0. The van der Waals surface area contributed by atoms with Crippen LogP contribution >= 0.6 is 0 Å². The lowest BCUT2D eigenvalue weighted by Crippen LogP contribution is -2.41. The van der Waals surface area contributed by atoms with Crippen LogP contribution in [0.4, 0.5) is 0 Å². The predicted molar refractivity (Wildman–Crippen MR) is 547 cm³/mol. The third-order valence-corrected chi connectivity index (χ3v) is 23.8. The first-order chi connectivity index (χ1) is 71.9. The highest BCUT2D eigenvalue weighted by atomic mass is 16.6. The molecule has 147 heavy (non-hydrogen) atoms. The number of Topliss-reactive ketones (excluding diaryl/α,β-unsaturated/α-hetero) is 4. The molecule has 0 saturated heterocycles. The zero-order valence-electron chi connectivity index (χ0n) is 89.1. The quantitative estimate of drug-likeness (QED) is 0.0260. The fourth-order valence-corrected chi connectivity index (χ4v) is 15.3. The molecule has 854 valence electrons. The first kappa shape index (κ1) is 137. The minimum atomic E-state index is -1.19. The molecule has 0 spiro atoms. The average Bonchev–Trinajstić information content (AvgIpc) is 0.866. The Morgan fingerprint density at radius 1 is 0.286 bits per heavy atom. The van der Waals surface area contributed by atoms with Gasteiger partial charge in [-0.1, -0.05) is 133 Å². The molecule has 0 bridgehead atoms. The fraction of sp³-hybridized carbons (Fsp3) is 0.850. The van der Waals surface area contributed by atoms with Gasteiger partial charge in [-0.05, 0) is 83.5 Å². The van der Waals surface area contributed by atoms with E-state index in [1.165, 1.54) is 64.2 Å². The number of amides is 3. The van der Waals surface area contributed by atoms with E-state index < -0.39 is 47.6 Å². The van der Waals surface area contributed by atoms with Crippen LogP contribution in [0.3, 0.4) is 0 Å². The zero-order valence-corrected chi connectivity index (χ0v) is 89.1. The molecule has 1 aromatic carbocycles. The molecule has 0 aromatic heterocycles. The molecule has 1 aliphatic carbocycles. The molecular weight excluding hydrogens is 1920 g/mol. The maximum Gasteiger partial charge on any atom is 0.306 e. The van der Waals surface area contributed by atoms with Gasteiger partial charge < -0.3 is 145 Å². The smallest absolute Gasteiger partial charge is 0.306 e. The van der Waals surface area contributed by atoms with Gasteiger partial charge in [-0.15, -0.1) is 0 Å². The number of carbonyl (C=O) groups is 10. The Balaban J connectivity index is 1.21. The summed E-state index contributed by atoms with van der Waals surface area (Å²) in [5, 5.41) is 33.7. The monoisotopic (exact) mass is 2110 g/mol. The van der Waals surface area contributed by atoms with Crippen molar-refractivity contribution in [2.75, 3.05) is 324 Å². The highest BCUT2D eigenvalue weighted by molar-refractivity contribution is 5.96. The first-order valence-corrected chi connectivity index (χ1v) is 54.5. The number of primary amides is 1. The molecule has 1 aliphatic rings. The standard InChI is InChI=1S/C107H189N3O37/c1-91-27-31-93(32-28-91)99(112)23-18-16-17-22-95(106(108)121)88-97(111)39-41-125-43-45-127-47-49-129-51-53-131-55-57-133-59-61-135-63-65-137-67-69-139-71-73-141-75-77-143-79-81-145-83-85-147-87-86-146-84-82-144-80-78-142-76-74-140-72-70-138-68-66-136-64-62-134-60-58-132-56-54-130-52-50-128-48-46-126-44-42-124-40-21-24-100(113)98(36-38-105(119)120)110-103(116)37-35-96(107(122)123)89-101(114)94-33-29-92(30-34-94)90-109-102(115)25-19-14-12-10-8-6-4-2-3-5-7-9-11-13-15-20-26-104(117)118/h27-28,31-32,92,94-96,98H,2-26,29-30,33-90H2,1H3,(H2,108,121)(H,109,115)(H,110,116)(H,117,118)(H,119,120)(H,122,123). The lowest BCUT2D eigenvalue weighted by Gasteiger charge is -2.28. The predicted octanol–water partition coefficient (Wildman–Crippen LogP) is 11.1. The van der Waals surface area contributed by atoms with Crippen molar-refractivity contribution in [2.24, 2.45) is 29.4 Å². The van der Waals surface area contributed by atoms with E-state index in [4.69, 9.17) is 125 Å². The second kappa shape index (κ2) is 105. The highest BCUT2D eigenvalue weighted by Crippen LogP contribution is 2.32. The van der Waals surface area contributed by atoms with Crippen LogP contribution in [0.15, 0.2) is 24.3 Å². The van der Waals surface area contributed by atoms with E-state index in [0.29, 0.717) is 348 Å². The van der Waals surface area contributed by atoms with Crippen LogP contribution in [0.25, 0.3) is 0 Å². The van der Waals surface area contributed by atoms with Gasteiger partial charge in [-0.3, -0.25) is 47.9 Å². The maximum absolute atomic E-state index is 13.3. The van der Waals surface area contributed by atoms with Crippen molar-refractivity contribution >= 4 is 58.8 Å². The Bertz CT molecular complexity index is 3260. The van der Waals surface area contributed by atoms with Gasteiger partial charge in [-0.25, -0.2) is 0 Å². The van der Waals surface area contributed by atoms with Crippen molar-refractivity contribution < 1.29 is 177 Å². The number of nitrogens with one attached hydrogen (secondary N) is 2. The highest BCUT2D eigenvalue weighted by Gasteiger charge is 2.32. The summed E-state index contributed by atoms with van der Waals surface area (Å²) in [5.74, 6) is -6.17. The minimum Gasteiger partial charge on any atom is -0.481 e. The number of carboxylic acid groups (broad SMARTS) is 3. The van der Waals surface area contributed by atoms with Crippen LogP contribution in [-0.4, -0.2) is 404 Å². The number of benzene rings is 1. The largest absolute Gasteiger partial charge is 0.481 e. The van der Waals surface area contributed by atoms with Gasteiger partial charge in [0.05, 0.1) is 322 Å². The number of unbranched alkanes of at least 4 members (excludes halogenated alkanes) is 17. The topological polar surface area (TPSA) is 503 Å². The fourth-order valence-electron chi connectivity index (χ4n) is 15.3. The number of hydrogen-bond acceptors (Lipinski definition) is 34. The lowest BCUT2D eigenvalue weighted by atomic mass is 9.78. The minimum absolute atomic E-state index is 0.0240. The summed E-state index contributed by atoms with van der Waals surface area (Å²) in [7, 11) is 0. The second-order valence-corrected chi connectivity index (χ2v) is 36.1. The van der Waals surface area contributed by atoms with Gasteiger partial charge >= 0.3 is 17.9 Å². The molecule has 0 aliphatic heterocycles. The zero-order chi connectivity index (χ0) is 106. The summed E-state index contributed by atoms with van der Waals surface area (Å²) in [5.41, 5.74) is 7.39. The molecule has 0 heterocycles. The summed E-state index contributed by atoms with van der Waals surface area (Å²) in [4.78, 5) is 123. The number of ether oxygens (including phenoxy) is 24. The van der Waals surface area contributed by atoms with Crippen LogP contribution < -0.4 is 16.4 Å². The lowest BCUT2D eigenvalue weighted by molar-refractivity contribution is -0.145. The molecule has 2 rings (SSSR count). The third kappa shape index (κ3) is 94.2. The van der Waals surface area contributed by atoms with Gasteiger partial charge in [0.25, 0.3) is 0 Å². The van der Waals surface area contributed by atoms with Gasteiger partial charge in [0.1, 0.15) is 11.6 Å². The van der Waals surface area contributed by atoms with Gasteiger partial charge in [0.15, 0.2) is 11.6 Å². The van der Waals surface area contributed by atoms with Crippen molar-refractivity contribution in [1.29, 1.82) is 0 Å². The molecule has 1 saturated carbocycles. The van der Waals surface area contributed by atoms with Crippen LogP contribution in [0, 0.1) is 30.6 Å². The number of hydrogen-bond donors (Lipinski definition) is 6. The Labute approximate surface area is 874 Å². The number of aryl methyl sites for hydroxylation is 1. The van der Waals surface area contributed by atoms with E-state index in [1.54, 1.807) is 0 Å². The van der Waals surface area contributed by atoms with Gasteiger partial charge in [-0.2, -0.15) is 0 Å². The van der Waals surface area contributed by atoms with Crippen molar-refractivity contribution in [3.8, 4) is 0 Å². The molecule has 40 heteroatoms. The van der Waals surface area contributed by atoms with E-state index in [-0.39, 0.29) is 118 Å². The van der Waals surface area contributed by atoms with E-state index in [0.717, 1.165) is 76.2 Å². The Hall–Kier alpha value is -6.24. The average molecular weight is 2110 g/mol. The van der Waals surface area contributed by atoms with Crippen LogP contribution in [0.5, 0.6) is 0 Å². The molecule has 1 aromatic rings. The van der Waals surface area contributed by atoms with Crippen molar-refractivity contribution in [3.63, 3.8) is 0 Å². The number of carboxylic acids is 3. The Morgan fingerprint density at radius 2 is 0.578 bits per heavy atom. The Morgan fingerprint density at radius 3 is 0.891 bits per heavy atom. The molecule has 0 radical (unpaired) electrons. The Kier molecular flexibility index (Phi) is 98.1. The molecule has 40 nitrogen and oxygen atoms in total. The van der Waals surface area contributed by atoms with E-state index in [1.807, 2.05) is 31.2 Å². The molecule has 3 amide bonds. The number of nitrogens with two attached hydrogens (primary N) is 1. The van der Waals surface area contributed by atoms with E-state index in [2.05, 4.69) is 10.6 Å². The summed E-state index contributed by atoms with van der Waals surface area (Å²) < 4.78 is 133. The van der Waals surface area contributed by atoms with Crippen LogP contribution in [-0.2, 0) is 157 Å². The first-order valence-electron chi connectivity index (χ1n) is 54.5. The van der Waals surface area contributed by atoms with E-state index >= 15 is 0 Å². The second-order valence-electron chi connectivity index (χ2n) is 36.1. The van der Waals surface area contributed by atoms with Crippen LogP contribution in [0.2, 0.25) is 0 Å². The number of rotatable bonds is 119.